The van der Waals surface area contributed by atoms with E-state index in [2.05, 4.69) is 112 Å². The maximum atomic E-state index is 3.46. The summed E-state index contributed by atoms with van der Waals surface area (Å²) in [5.74, 6) is 0. The third-order valence-electron chi connectivity index (χ3n) is 5.62. The first-order valence-corrected chi connectivity index (χ1v) is 12.9. The van der Waals surface area contributed by atoms with Gasteiger partial charge in [0.2, 0.25) is 0 Å². The zero-order chi connectivity index (χ0) is 21.8. The maximum absolute atomic E-state index is 3.46. The molecule has 2 heteroatoms. The van der Waals surface area contributed by atoms with Crippen LogP contribution in [0.25, 0.3) is 21.5 Å². The van der Waals surface area contributed by atoms with Crippen molar-refractivity contribution < 1.29 is 26.2 Å². The van der Waals surface area contributed by atoms with Gasteiger partial charge in [0.15, 0.2) is 0 Å². The normalized spacial score (nSPS) is 13.0. The average Bonchev–Trinajstić information content (AvgIpc) is 3.36. The predicted molar refractivity (Wildman–Crippen MR) is 136 cm³/mol. The zero-order valence-corrected chi connectivity index (χ0v) is 22.8. The van der Waals surface area contributed by atoms with Crippen molar-refractivity contribution in [3.8, 4) is 0 Å². The van der Waals surface area contributed by atoms with Crippen LogP contribution in [0, 0.1) is 12.2 Å². The van der Waals surface area contributed by atoms with Crippen LogP contribution in [0.3, 0.4) is 0 Å². The van der Waals surface area contributed by atoms with E-state index in [4.69, 9.17) is 0 Å². The van der Waals surface area contributed by atoms with Crippen LogP contribution in [-0.4, -0.2) is 9.52 Å². The summed E-state index contributed by atoms with van der Waals surface area (Å²) < 4.78 is 0. The van der Waals surface area contributed by atoms with Crippen molar-refractivity contribution in [3.05, 3.63) is 118 Å². The summed E-state index contributed by atoms with van der Waals surface area (Å²) in [5, 5.41) is 5.30. The first-order valence-electron chi connectivity index (χ1n) is 10.9. The predicted octanol–water partition coefficient (Wildman–Crippen LogP) is 7.77. The van der Waals surface area contributed by atoms with Crippen molar-refractivity contribution >= 4 is 31.1 Å². The van der Waals surface area contributed by atoms with Crippen LogP contribution in [0.1, 0.15) is 36.1 Å². The first kappa shape index (κ1) is 24.6. The summed E-state index contributed by atoms with van der Waals surface area (Å²) >= 11 is 0. The number of allylic oxidation sites excluding steroid dienone is 2. The minimum atomic E-state index is 0. The molecule has 4 aromatic rings. The molecule has 2 radical (unpaired) electrons. The number of benzene rings is 4. The molecule has 0 unspecified atom stereocenters. The Hall–Kier alpha value is -2.02. The molecule has 0 spiro atoms. The Kier molecular flexibility index (Phi) is 8.63. The maximum Gasteiger partial charge on any atom is 2.00 e. The number of hydrogen-bond acceptors (Lipinski definition) is 0. The fraction of sp³-hybridized carbons (Fsp3) is 0.200. The molecule has 0 atom stereocenters. The molecule has 0 heterocycles. The molecule has 2 aliphatic carbocycles. The van der Waals surface area contributed by atoms with Crippen LogP contribution >= 0.6 is 0 Å². The average molecular weight is 508 g/mol. The Morgan fingerprint density at radius 3 is 1.38 bits per heavy atom. The van der Waals surface area contributed by atoms with Crippen molar-refractivity contribution in [2.75, 3.05) is 0 Å². The first-order chi connectivity index (χ1) is 15.1. The molecule has 2 aliphatic rings. The van der Waals surface area contributed by atoms with Crippen molar-refractivity contribution in [2.45, 2.75) is 39.8 Å². The van der Waals surface area contributed by atoms with E-state index in [1.165, 1.54) is 54.9 Å². The minimum Gasteiger partial charge on any atom is -0.182 e. The number of fused-ring (bicyclic) bond motifs is 6. The van der Waals surface area contributed by atoms with Gasteiger partial charge >= 0.3 is 26.2 Å². The van der Waals surface area contributed by atoms with Gasteiger partial charge in [0.25, 0.3) is 0 Å². The second-order valence-electron chi connectivity index (χ2n) is 8.31. The van der Waals surface area contributed by atoms with E-state index < -0.39 is 0 Å². The summed E-state index contributed by atoms with van der Waals surface area (Å²) in [7, 11) is 1.08. The van der Waals surface area contributed by atoms with E-state index in [9.17, 15) is 0 Å². The molecule has 0 nitrogen and oxygen atoms in total. The van der Waals surface area contributed by atoms with Gasteiger partial charge in [-0.1, -0.05) is 99.1 Å². The molecule has 0 saturated heterocycles. The molecule has 4 aromatic carbocycles. The van der Waals surface area contributed by atoms with Crippen LogP contribution in [0.5, 0.6) is 0 Å². The SMILES string of the molecule is CC1=[C-]c2c(ccc3ccccc23)C1.CC1=[C-]c2c(ccc3ccccc23)C1.C[Si]C.[Zr+2]. The van der Waals surface area contributed by atoms with Gasteiger partial charge in [-0.15, -0.1) is 57.3 Å². The smallest absolute Gasteiger partial charge is 0.182 e. The Morgan fingerprint density at radius 1 is 0.594 bits per heavy atom. The largest absolute Gasteiger partial charge is 2.00 e. The summed E-state index contributed by atoms with van der Waals surface area (Å²) in [6.07, 6.45) is 9.05. The molecule has 0 N–H and O–H groups in total. The van der Waals surface area contributed by atoms with Crippen molar-refractivity contribution in [2.24, 2.45) is 0 Å². The third-order valence-corrected chi connectivity index (χ3v) is 5.62. The summed E-state index contributed by atoms with van der Waals surface area (Å²) in [4.78, 5) is 0. The monoisotopic (exact) mass is 506 g/mol. The molecule has 0 amide bonds. The Labute approximate surface area is 214 Å². The zero-order valence-electron chi connectivity index (χ0n) is 19.3. The van der Waals surface area contributed by atoms with Gasteiger partial charge in [0.1, 0.15) is 0 Å². The molecule has 0 saturated carbocycles. The fourth-order valence-electron chi connectivity index (χ4n) is 4.31. The molecule has 0 aromatic heterocycles. The Bertz CT molecular complexity index is 1200. The van der Waals surface area contributed by atoms with Gasteiger partial charge in [-0.2, -0.15) is 23.3 Å². The quantitative estimate of drug-likeness (QED) is 0.168. The van der Waals surface area contributed by atoms with Crippen LogP contribution in [0.15, 0.2) is 83.9 Å². The van der Waals surface area contributed by atoms with Crippen molar-refractivity contribution in [3.63, 3.8) is 0 Å². The van der Waals surface area contributed by atoms with Gasteiger partial charge in [-0.05, 0) is 0 Å². The third kappa shape index (κ3) is 5.30. The number of hydrogen-bond donors (Lipinski definition) is 0. The van der Waals surface area contributed by atoms with E-state index >= 15 is 0 Å². The van der Waals surface area contributed by atoms with Crippen LogP contribution in [0.2, 0.25) is 13.1 Å². The molecular formula is C30H28SiZr. The molecule has 156 valence electrons. The minimum absolute atomic E-state index is 0. The Balaban J connectivity index is 0.000000157. The summed E-state index contributed by atoms with van der Waals surface area (Å²) in [6, 6.07) is 25.9. The van der Waals surface area contributed by atoms with E-state index in [-0.39, 0.29) is 26.2 Å². The van der Waals surface area contributed by atoms with Crippen LogP contribution in [-0.2, 0) is 39.0 Å². The number of rotatable bonds is 0. The van der Waals surface area contributed by atoms with E-state index in [0.29, 0.717) is 0 Å². The van der Waals surface area contributed by atoms with Crippen molar-refractivity contribution in [1.82, 2.24) is 0 Å². The van der Waals surface area contributed by atoms with E-state index in [1.54, 1.807) is 0 Å². The van der Waals surface area contributed by atoms with Crippen LogP contribution in [0.4, 0.5) is 0 Å². The molecule has 0 aliphatic heterocycles. The fourth-order valence-corrected chi connectivity index (χ4v) is 4.31. The van der Waals surface area contributed by atoms with E-state index in [1.807, 2.05) is 0 Å². The molecule has 6 rings (SSSR count). The Morgan fingerprint density at radius 2 is 0.969 bits per heavy atom. The molecule has 32 heavy (non-hydrogen) atoms. The van der Waals surface area contributed by atoms with E-state index in [0.717, 1.165) is 22.4 Å². The topological polar surface area (TPSA) is 0 Å². The molecule has 0 fully saturated rings. The second-order valence-corrected chi connectivity index (χ2v) is 9.31. The molecule has 0 bridgehead atoms. The van der Waals surface area contributed by atoms with Gasteiger partial charge in [0, 0.05) is 9.52 Å². The summed E-state index contributed by atoms with van der Waals surface area (Å²) in [6.45, 7) is 8.60. The van der Waals surface area contributed by atoms with Crippen molar-refractivity contribution in [1.29, 1.82) is 0 Å². The second kappa shape index (κ2) is 11.2. The summed E-state index contributed by atoms with van der Waals surface area (Å²) in [5.41, 5.74) is 8.14. The molecular weight excluding hydrogens is 480 g/mol. The van der Waals surface area contributed by atoms with Gasteiger partial charge in [-0.25, -0.2) is 0 Å². The van der Waals surface area contributed by atoms with Gasteiger partial charge in [0.05, 0.1) is 0 Å². The van der Waals surface area contributed by atoms with Gasteiger partial charge < -0.3 is 0 Å². The van der Waals surface area contributed by atoms with Crippen LogP contribution < -0.4 is 0 Å². The standard InChI is InChI=1S/2C14H11.C2H6Si.Zr/c2*1-10-8-12-7-6-11-4-2-3-5-13(11)14(12)9-10;1-3-2;/h2*2-7H,8H2,1H3;1-2H3;/q2*-1;;+2. The van der Waals surface area contributed by atoms with Gasteiger partial charge in [-0.3, -0.25) is 0 Å².